The third kappa shape index (κ3) is 9.03. The molecular formula is C10H18O4. The monoisotopic (exact) mass is 202 g/mol. The lowest BCUT2D eigenvalue weighted by molar-refractivity contribution is -0.147. The Balaban J connectivity index is 3.27. The summed E-state index contributed by atoms with van der Waals surface area (Å²) in [5.74, 6) is -0.981. The van der Waals surface area contributed by atoms with E-state index in [1.165, 1.54) is 0 Å². The Bertz CT molecular complexity index is 187. The first-order valence-electron chi connectivity index (χ1n) is 4.93. The van der Waals surface area contributed by atoms with Crippen LogP contribution in [0.2, 0.25) is 0 Å². The lowest BCUT2D eigenvalue weighted by Gasteiger charge is -2.06. The predicted octanol–water partition coefficient (Wildman–Crippen LogP) is 1.97. The van der Waals surface area contributed by atoms with Crippen LogP contribution in [0.25, 0.3) is 0 Å². The van der Waals surface area contributed by atoms with Gasteiger partial charge in [0.2, 0.25) is 0 Å². The number of carbonyl (C=O) groups is 2. The van der Waals surface area contributed by atoms with Gasteiger partial charge in [-0.05, 0) is 26.7 Å². The minimum Gasteiger partial charge on any atom is -0.481 e. The molecule has 0 amide bonds. The molecule has 0 aliphatic heterocycles. The highest BCUT2D eigenvalue weighted by atomic mass is 16.5. The molecule has 0 aliphatic carbocycles. The number of esters is 1. The zero-order chi connectivity index (χ0) is 11.0. The largest absolute Gasteiger partial charge is 0.481 e. The topological polar surface area (TPSA) is 63.6 Å². The summed E-state index contributed by atoms with van der Waals surface area (Å²) in [4.78, 5) is 21.2. The summed E-state index contributed by atoms with van der Waals surface area (Å²) < 4.78 is 4.92. The summed E-state index contributed by atoms with van der Waals surface area (Å²) in [5, 5.41) is 8.35. The van der Waals surface area contributed by atoms with Crippen LogP contribution in [0.1, 0.15) is 46.0 Å². The van der Waals surface area contributed by atoms with Gasteiger partial charge in [-0.1, -0.05) is 6.42 Å². The van der Waals surface area contributed by atoms with Crippen molar-refractivity contribution in [2.75, 3.05) is 0 Å². The van der Waals surface area contributed by atoms with E-state index < -0.39 is 5.97 Å². The number of hydrogen-bond acceptors (Lipinski definition) is 3. The van der Waals surface area contributed by atoms with Gasteiger partial charge in [-0.25, -0.2) is 0 Å². The minimum atomic E-state index is -0.783. The first-order chi connectivity index (χ1) is 6.52. The van der Waals surface area contributed by atoms with Gasteiger partial charge in [0.05, 0.1) is 6.10 Å². The number of ether oxygens (including phenoxy) is 1. The van der Waals surface area contributed by atoms with Gasteiger partial charge in [0, 0.05) is 12.8 Å². The van der Waals surface area contributed by atoms with Crippen LogP contribution in [-0.2, 0) is 14.3 Å². The standard InChI is InChI=1S/C10H18O4/c1-8(2)14-10(13)7-5-3-4-6-9(11)12/h8H,3-7H2,1-2H3,(H,11,12). The second kappa shape index (κ2) is 7.35. The molecule has 0 aliphatic rings. The van der Waals surface area contributed by atoms with Gasteiger partial charge in [-0.2, -0.15) is 0 Å². The molecule has 4 heteroatoms. The maximum Gasteiger partial charge on any atom is 0.306 e. The summed E-state index contributed by atoms with van der Waals surface area (Å²) in [6.07, 6.45) is 2.60. The van der Waals surface area contributed by atoms with Crippen LogP contribution in [0.4, 0.5) is 0 Å². The average Bonchev–Trinajstić information content (AvgIpc) is 2.01. The molecule has 0 heterocycles. The van der Waals surface area contributed by atoms with Crippen LogP contribution in [0.5, 0.6) is 0 Å². The molecule has 4 nitrogen and oxygen atoms in total. The zero-order valence-electron chi connectivity index (χ0n) is 8.78. The van der Waals surface area contributed by atoms with E-state index in [4.69, 9.17) is 9.84 Å². The fourth-order valence-corrected chi connectivity index (χ4v) is 1.04. The molecule has 0 aromatic heterocycles. The molecule has 82 valence electrons. The average molecular weight is 202 g/mol. The van der Waals surface area contributed by atoms with Crippen molar-refractivity contribution >= 4 is 11.9 Å². The lowest BCUT2D eigenvalue weighted by Crippen LogP contribution is -2.10. The van der Waals surface area contributed by atoms with Crippen molar-refractivity contribution in [1.82, 2.24) is 0 Å². The fraction of sp³-hybridized carbons (Fsp3) is 0.800. The summed E-state index contributed by atoms with van der Waals surface area (Å²) >= 11 is 0. The Morgan fingerprint density at radius 3 is 2.21 bits per heavy atom. The van der Waals surface area contributed by atoms with Gasteiger partial charge in [0.25, 0.3) is 0 Å². The van der Waals surface area contributed by atoms with Crippen molar-refractivity contribution < 1.29 is 19.4 Å². The Morgan fingerprint density at radius 2 is 1.71 bits per heavy atom. The van der Waals surface area contributed by atoms with E-state index in [1.54, 1.807) is 0 Å². The summed E-state index contributed by atoms with van der Waals surface area (Å²) in [5.41, 5.74) is 0. The third-order valence-corrected chi connectivity index (χ3v) is 1.64. The maximum atomic E-state index is 11.0. The van der Waals surface area contributed by atoms with Crippen molar-refractivity contribution in [2.24, 2.45) is 0 Å². The molecule has 0 unspecified atom stereocenters. The van der Waals surface area contributed by atoms with Gasteiger partial charge in [0.15, 0.2) is 0 Å². The molecule has 1 N–H and O–H groups in total. The molecule has 0 bridgehead atoms. The van der Waals surface area contributed by atoms with E-state index in [-0.39, 0.29) is 18.5 Å². The second-order valence-electron chi connectivity index (χ2n) is 3.49. The number of carboxylic acids is 1. The van der Waals surface area contributed by atoms with Crippen molar-refractivity contribution in [1.29, 1.82) is 0 Å². The molecular weight excluding hydrogens is 184 g/mol. The Morgan fingerprint density at radius 1 is 1.14 bits per heavy atom. The van der Waals surface area contributed by atoms with Crippen LogP contribution in [0.15, 0.2) is 0 Å². The van der Waals surface area contributed by atoms with Gasteiger partial charge in [-0.15, -0.1) is 0 Å². The van der Waals surface area contributed by atoms with E-state index in [2.05, 4.69) is 0 Å². The predicted molar refractivity (Wildman–Crippen MR) is 51.9 cm³/mol. The molecule has 0 saturated carbocycles. The van der Waals surface area contributed by atoms with Crippen molar-refractivity contribution in [3.8, 4) is 0 Å². The number of aliphatic carboxylic acids is 1. The van der Waals surface area contributed by atoms with Crippen LogP contribution < -0.4 is 0 Å². The van der Waals surface area contributed by atoms with E-state index in [1.807, 2.05) is 13.8 Å². The van der Waals surface area contributed by atoms with Gasteiger partial charge in [0.1, 0.15) is 0 Å². The first kappa shape index (κ1) is 12.9. The van der Waals surface area contributed by atoms with E-state index in [9.17, 15) is 9.59 Å². The number of rotatable bonds is 7. The van der Waals surface area contributed by atoms with Crippen molar-refractivity contribution in [3.63, 3.8) is 0 Å². The molecule has 0 radical (unpaired) electrons. The van der Waals surface area contributed by atoms with Crippen LogP contribution in [0, 0.1) is 0 Å². The molecule has 14 heavy (non-hydrogen) atoms. The normalized spacial score (nSPS) is 10.2. The molecule has 0 atom stereocenters. The summed E-state index contributed by atoms with van der Waals surface area (Å²) in [7, 11) is 0. The molecule has 0 fully saturated rings. The first-order valence-corrected chi connectivity index (χ1v) is 4.93. The third-order valence-electron chi connectivity index (χ3n) is 1.64. The highest BCUT2D eigenvalue weighted by Gasteiger charge is 2.04. The lowest BCUT2D eigenvalue weighted by atomic mass is 10.1. The fourth-order valence-electron chi connectivity index (χ4n) is 1.04. The second-order valence-corrected chi connectivity index (χ2v) is 3.49. The molecule has 0 spiro atoms. The van der Waals surface area contributed by atoms with E-state index in [0.717, 1.165) is 6.42 Å². The van der Waals surface area contributed by atoms with E-state index in [0.29, 0.717) is 19.3 Å². The number of hydrogen-bond donors (Lipinski definition) is 1. The van der Waals surface area contributed by atoms with Gasteiger partial charge >= 0.3 is 11.9 Å². The summed E-state index contributed by atoms with van der Waals surface area (Å²) in [6.45, 7) is 3.62. The molecule has 0 aromatic carbocycles. The number of carboxylic acid groups (broad SMARTS) is 1. The number of carbonyl (C=O) groups excluding carboxylic acids is 1. The van der Waals surface area contributed by atoms with Crippen LogP contribution in [-0.4, -0.2) is 23.1 Å². The highest BCUT2D eigenvalue weighted by molar-refractivity contribution is 5.69. The summed E-state index contributed by atoms with van der Waals surface area (Å²) in [6, 6.07) is 0. The Hall–Kier alpha value is -1.06. The van der Waals surface area contributed by atoms with Gasteiger partial charge in [-0.3, -0.25) is 9.59 Å². The molecule has 0 aromatic rings. The SMILES string of the molecule is CC(C)OC(=O)CCCCCC(=O)O. The van der Waals surface area contributed by atoms with E-state index >= 15 is 0 Å². The maximum absolute atomic E-state index is 11.0. The van der Waals surface area contributed by atoms with Crippen molar-refractivity contribution in [2.45, 2.75) is 52.1 Å². The zero-order valence-corrected chi connectivity index (χ0v) is 8.78. The highest BCUT2D eigenvalue weighted by Crippen LogP contribution is 2.05. The minimum absolute atomic E-state index is 0.0680. The molecule has 0 saturated heterocycles. The Kier molecular flexibility index (Phi) is 6.80. The van der Waals surface area contributed by atoms with Crippen LogP contribution >= 0.6 is 0 Å². The number of unbranched alkanes of at least 4 members (excludes halogenated alkanes) is 2. The smallest absolute Gasteiger partial charge is 0.306 e. The quantitative estimate of drug-likeness (QED) is 0.506. The van der Waals surface area contributed by atoms with Gasteiger partial charge < -0.3 is 9.84 Å². The molecule has 0 rings (SSSR count). The van der Waals surface area contributed by atoms with Crippen molar-refractivity contribution in [3.05, 3.63) is 0 Å². The Labute approximate surface area is 84.3 Å². The van der Waals surface area contributed by atoms with Crippen LogP contribution in [0.3, 0.4) is 0 Å².